The third-order valence-electron chi connectivity index (χ3n) is 7.74. The van der Waals surface area contributed by atoms with Gasteiger partial charge >= 0.3 is 6.08 Å². The predicted octanol–water partition coefficient (Wildman–Crippen LogP) is 4.02. The molecule has 1 aliphatic heterocycles. The van der Waals surface area contributed by atoms with Crippen molar-refractivity contribution in [3.8, 4) is 18.1 Å². The summed E-state index contributed by atoms with van der Waals surface area (Å²) in [6.07, 6.45) is 4.09. The van der Waals surface area contributed by atoms with Crippen LogP contribution in [0.4, 0.5) is 10.2 Å². The molecule has 6 rings (SSSR count). The summed E-state index contributed by atoms with van der Waals surface area (Å²) >= 11 is 0. The summed E-state index contributed by atoms with van der Waals surface area (Å²) in [5.41, 5.74) is 0.379. The van der Waals surface area contributed by atoms with Gasteiger partial charge in [-0.25, -0.2) is 4.98 Å². The Kier molecular flexibility index (Phi) is 7.08. The Morgan fingerprint density at radius 2 is 1.67 bits per heavy atom. The molecule has 0 aliphatic carbocycles. The summed E-state index contributed by atoms with van der Waals surface area (Å²) in [6, 6.07) is 27.2. The summed E-state index contributed by atoms with van der Waals surface area (Å²) in [5, 5.41) is 23.9. The molecule has 3 atom stereocenters. The number of methoxy groups -OCH3 is 1. The standard InChI is InChI=1S/C32H28FN5O4/c1-3-31(19-39)25(40)18-26(42-31)38-20-34-27-28(35-30(33)36-29(27)38)37-32(21-10-6-4-7-11-21,22-12-8-5-9-13-22)23-14-16-24(41-2)17-15-23/h1,4-17,20,25-26,39-40H,18-19H2,2H3,(H,35,36,37)/t25-,26+,31+/m0/s1. The Morgan fingerprint density at radius 3 is 2.21 bits per heavy atom. The second kappa shape index (κ2) is 10.9. The third kappa shape index (κ3) is 4.44. The zero-order valence-electron chi connectivity index (χ0n) is 22.7. The number of anilines is 1. The van der Waals surface area contributed by atoms with E-state index in [2.05, 4.69) is 26.2 Å². The van der Waals surface area contributed by atoms with Crippen LogP contribution in [0.1, 0.15) is 29.3 Å². The van der Waals surface area contributed by atoms with Crippen LogP contribution >= 0.6 is 0 Å². The van der Waals surface area contributed by atoms with Crippen LogP contribution in [0.5, 0.6) is 5.75 Å². The molecule has 9 nitrogen and oxygen atoms in total. The van der Waals surface area contributed by atoms with Gasteiger partial charge < -0.3 is 25.0 Å². The Hall–Kier alpha value is -4.82. The molecule has 0 radical (unpaired) electrons. The molecule has 1 aliphatic rings. The monoisotopic (exact) mass is 565 g/mol. The Labute approximate surface area is 241 Å². The molecule has 0 amide bonds. The molecule has 0 spiro atoms. The second-order valence-electron chi connectivity index (χ2n) is 10.0. The van der Waals surface area contributed by atoms with Gasteiger partial charge in [-0.3, -0.25) is 4.57 Å². The van der Waals surface area contributed by atoms with Crippen LogP contribution in [0.3, 0.4) is 0 Å². The maximum absolute atomic E-state index is 15.2. The van der Waals surface area contributed by atoms with E-state index < -0.39 is 36.2 Å². The van der Waals surface area contributed by atoms with Gasteiger partial charge in [0.1, 0.15) is 23.6 Å². The highest BCUT2D eigenvalue weighted by Crippen LogP contribution is 2.42. The normalized spacial score (nSPS) is 20.4. The van der Waals surface area contributed by atoms with E-state index in [4.69, 9.17) is 15.9 Å². The van der Waals surface area contributed by atoms with Crippen molar-refractivity contribution >= 4 is 17.0 Å². The van der Waals surface area contributed by atoms with E-state index in [1.54, 1.807) is 7.11 Å². The van der Waals surface area contributed by atoms with Gasteiger partial charge in [0.25, 0.3) is 0 Å². The van der Waals surface area contributed by atoms with Crippen LogP contribution in [0.2, 0.25) is 0 Å². The van der Waals surface area contributed by atoms with E-state index in [0.717, 1.165) is 16.7 Å². The lowest BCUT2D eigenvalue weighted by molar-refractivity contribution is -0.0891. The summed E-state index contributed by atoms with van der Waals surface area (Å²) in [4.78, 5) is 12.7. The van der Waals surface area contributed by atoms with Gasteiger partial charge in [-0.05, 0) is 28.8 Å². The van der Waals surface area contributed by atoms with Crippen LogP contribution < -0.4 is 10.1 Å². The highest BCUT2D eigenvalue weighted by atomic mass is 19.1. The lowest BCUT2D eigenvalue weighted by Gasteiger charge is -2.37. The minimum atomic E-state index is -1.59. The maximum Gasteiger partial charge on any atom is 0.312 e. The Bertz CT molecular complexity index is 1700. The molecule has 3 aromatic carbocycles. The zero-order chi connectivity index (χ0) is 29.3. The summed E-state index contributed by atoms with van der Waals surface area (Å²) in [5.74, 6) is 3.18. The van der Waals surface area contributed by atoms with Gasteiger partial charge in [-0.2, -0.15) is 14.4 Å². The van der Waals surface area contributed by atoms with E-state index in [1.807, 2.05) is 84.9 Å². The number of aliphatic hydroxyl groups excluding tert-OH is 2. The van der Waals surface area contributed by atoms with E-state index >= 15 is 4.39 Å². The molecule has 3 heterocycles. The number of nitrogens with zero attached hydrogens (tertiary/aromatic N) is 4. The molecule has 0 bridgehead atoms. The molecule has 42 heavy (non-hydrogen) atoms. The lowest BCUT2D eigenvalue weighted by atomic mass is 9.77. The molecule has 2 aromatic heterocycles. The fourth-order valence-corrected chi connectivity index (χ4v) is 5.54. The number of hydrogen-bond donors (Lipinski definition) is 3. The zero-order valence-corrected chi connectivity index (χ0v) is 22.7. The van der Waals surface area contributed by atoms with Gasteiger partial charge in [-0.15, -0.1) is 6.42 Å². The first-order chi connectivity index (χ1) is 20.4. The fourth-order valence-electron chi connectivity index (χ4n) is 5.54. The first-order valence-electron chi connectivity index (χ1n) is 13.3. The number of aliphatic hydroxyl groups is 2. The van der Waals surface area contributed by atoms with Crippen molar-refractivity contribution in [2.24, 2.45) is 0 Å². The molecule has 1 fully saturated rings. The molecule has 10 heteroatoms. The smallest absolute Gasteiger partial charge is 0.312 e. The van der Waals surface area contributed by atoms with Crippen LogP contribution in [0, 0.1) is 18.4 Å². The number of terminal acetylenes is 1. The third-order valence-corrected chi connectivity index (χ3v) is 7.74. The Balaban J connectivity index is 1.54. The number of nitrogens with one attached hydrogen (secondary N) is 1. The molecule has 3 N–H and O–H groups in total. The first-order valence-corrected chi connectivity index (χ1v) is 13.3. The molecule has 0 unspecified atom stereocenters. The molecule has 1 saturated heterocycles. The van der Waals surface area contributed by atoms with E-state index in [-0.39, 0.29) is 23.4 Å². The van der Waals surface area contributed by atoms with Crippen molar-refractivity contribution in [3.63, 3.8) is 0 Å². The topological polar surface area (TPSA) is 115 Å². The highest BCUT2D eigenvalue weighted by Gasteiger charge is 2.48. The second-order valence-corrected chi connectivity index (χ2v) is 10.0. The summed E-state index contributed by atoms with van der Waals surface area (Å²) < 4.78 is 28.0. The fraction of sp³-hybridized carbons (Fsp3) is 0.219. The molecule has 0 saturated carbocycles. The van der Waals surface area contributed by atoms with Crippen LogP contribution in [-0.4, -0.2) is 55.2 Å². The van der Waals surface area contributed by atoms with Crippen molar-refractivity contribution in [1.29, 1.82) is 0 Å². The number of aromatic nitrogens is 4. The predicted molar refractivity (Wildman–Crippen MR) is 154 cm³/mol. The molecular formula is C32H28FN5O4. The van der Waals surface area contributed by atoms with Gasteiger partial charge in [0.05, 0.1) is 20.0 Å². The van der Waals surface area contributed by atoms with Crippen molar-refractivity contribution < 1.29 is 24.1 Å². The summed E-state index contributed by atoms with van der Waals surface area (Å²) in [6.45, 7) is -0.581. The molecule has 5 aromatic rings. The average molecular weight is 566 g/mol. The molecular weight excluding hydrogens is 537 g/mol. The quantitative estimate of drug-likeness (QED) is 0.147. The number of fused-ring (bicyclic) bond motifs is 1. The highest BCUT2D eigenvalue weighted by molar-refractivity contribution is 5.84. The van der Waals surface area contributed by atoms with Gasteiger partial charge in [-0.1, -0.05) is 78.7 Å². The number of hydrogen-bond acceptors (Lipinski definition) is 8. The van der Waals surface area contributed by atoms with E-state index in [1.165, 1.54) is 10.9 Å². The van der Waals surface area contributed by atoms with E-state index in [9.17, 15) is 10.2 Å². The first kappa shape index (κ1) is 27.4. The SMILES string of the molecule is C#C[C@]1(CO)O[C@@H](n2cnc3c(NC(c4ccccc4)(c4ccccc4)c4ccc(OC)cc4)nc(F)nc32)C[C@@H]1O. The van der Waals surface area contributed by atoms with Crippen molar-refractivity contribution in [2.45, 2.75) is 29.9 Å². The number of ether oxygens (including phenoxy) is 2. The number of imidazole rings is 1. The van der Waals surface area contributed by atoms with Crippen LogP contribution in [0.15, 0.2) is 91.3 Å². The van der Waals surface area contributed by atoms with E-state index in [0.29, 0.717) is 5.75 Å². The minimum absolute atomic E-state index is 0.0500. The minimum Gasteiger partial charge on any atom is -0.497 e. The summed E-state index contributed by atoms with van der Waals surface area (Å²) in [7, 11) is 1.60. The van der Waals surface area contributed by atoms with Crippen molar-refractivity contribution in [2.75, 3.05) is 19.0 Å². The van der Waals surface area contributed by atoms with Crippen LogP contribution in [0.25, 0.3) is 11.2 Å². The van der Waals surface area contributed by atoms with Gasteiger partial charge in [0, 0.05) is 6.42 Å². The number of benzene rings is 3. The van der Waals surface area contributed by atoms with Crippen molar-refractivity contribution in [1.82, 2.24) is 19.5 Å². The average Bonchev–Trinajstić information content (AvgIpc) is 3.61. The Morgan fingerprint density at radius 1 is 1.05 bits per heavy atom. The van der Waals surface area contributed by atoms with Crippen molar-refractivity contribution in [3.05, 3.63) is 114 Å². The number of rotatable bonds is 8. The van der Waals surface area contributed by atoms with Gasteiger partial charge in [0.15, 0.2) is 22.6 Å². The lowest BCUT2D eigenvalue weighted by Crippen LogP contribution is -2.41. The van der Waals surface area contributed by atoms with Gasteiger partial charge in [0.2, 0.25) is 0 Å². The van der Waals surface area contributed by atoms with Crippen LogP contribution in [-0.2, 0) is 10.3 Å². The molecule has 212 valence electrons. The largest absolute Gasteiger partial charge is 0.497 e. The maximum atomic E-state index is 15.2. The number of halogens is 1.